The molecule has 132 valence electrons. The fourth-order valence-corrected chi connectivity index (χ4v) is 3.08. The molecule has 0 bridgehead atoms. The number of anilines is 1. The molecule has 0 saturated carbocycles. The van der Waals surface area contributed by atoms with Crippen molar-refractivity contribution < 1.29 is 9.32 Å². The van der Waals surface area contributed by atoms with Gasteiger partial charge >= 0.3 is 11.8 Å². The number of benzene rings is 1. The second-order valence-corrected chi connectivity index (χ2v) is 6.36. The lowest BCUT2D eigenvalue weighted by Crippen LogP contribution is -2.48. The molecule has 26 heavy (non-hydrogen) atoms. The highest BCUT2D eigenvalue weighted by Gasteiger charge is 2.26. The number of amides is 1. The number of nitrogens with zero attached hydrogens (tertiary/aromatic N) is 5. The van der Waals surface area contributed by atoms with Crippen molar-refractivity contribution in [1.29, 1.82) is 0 Å². The number of carbonyl (C=O) groups excluding carboxylic acids is 1. The normalized spacial score (nSPS) is 14.5. The molecule has 1 fully saturated rings. The number of rotatable bonds is 3. The van der Waals surface area contributed by atoms with Crippen LogP contribution < -0.4 is 4.90 Å². The fraction of sp³-hybridized carbons (Fsp3) is 0.222. The quantitative estimate of drug-likeness (QED) is 0.706. The van der Waals surface area contributed by atoms with Crippen LogP contribution in [0.5, 0.6) is 0 Å². The van der Waals surface area contributed by atoms with Crippen molar-refractivity contribution in [1.82, 2.24) is 20.0 Å². The highest BCUT2D eigenvalue weighted by atomic mass is 35.5. The van der Waals surface area contributed by atoms with E-state index in [1.807, 2.05) is 30.3 Å². The van der Waals surface area contributed by atoms with Crippen molar-refractivity contribution in [3.05, 3.63) is 59.7 Å². The maximum absolute atomic E-state index is 12.6. The molecule has 1 aromatic carbocycles. The summed E-state index contributed by atoms with van der Waals surface area (Å²) in [6, 6.07) is 11.3. The van der Waals surface area contributed by atoms with E-state index in [1.165, 1.54) is 0 Å². The lowest BCUT2D eigenvalue weighted by Gasteiger charge is -2.35. The molecule has 2 aromatic heterocycles. The third-order valence-electron chi connectivity index (χ3n) is 4.27. The summed E-state index contributed by atoms with van der Waals surface area (Å²) in [5.74, 6) is 0.109. The first kappa shape index (κ1) is 16.5. The van der Waals surface area contributed by atoms with Crippen LogP contribution in [0.2, 0.25) is 5.02 Å². The molecule has 8 heteroatoms. The van der Waals surface area contributed by atoms with Gasteiger partial charge in [-0.25, -0.2) is 0 Å². The summed E-state index contributed by atoms with van der Waals surface area (Å²) < 4.78 is 5.15. The summed E-state index contributed by atoms with van der Waals surface area (Å²) in [5.41, 5.74) is 1.77. The predicted octanol–water partition coefficient (Wildman–Crippen LogP) is 2.75. The zero-order chi connectivity index (χ0) is 17.9. The van der Waals surface area contributed by atoms with Crippen LogP contribution in [-0.2, 0) is 0 Å². The molecule has 0 aliphatic carbocycles. The van der Waals surface area contributed by atoms with Gasteiger partial charge in [-0.2, -0.15) is 4.98 Å². The molecular formula is C18H16ClN5O2. The molecular weight excluding hydrogens is 354 g/mol. The number of pyridine rings is 1. The minimum atomic E-state index is -0.251. The van der Waals surface area contributed by atoms with Gasteiger partial charge in [0.2, 0.25) is 5.82 Å². The highest BCUT2D eigenvalue weighted by molar-refractivity contribution is 6.30. The Morgan fingerprint density at radius 2 is 1.96 bits per heavy atom. The van der Waals surface area contributed by atoms with Gasteiger partial charge < -0.3 is 14.3 Å². The maximum Gasteiger partial charge on any atom is 0.316 e. The summed E-state index contributed by atoms with van der Waals surface area (Å²) in [7, 11) is 0. The molecule has 0 spiro atoms. The molecule has 1 aliphatic rings. The topological polar surface area (TPSA) is 75.4 Å². The van der Waals surface area contributed by atoms with Gasteiger partial charge in [0.1, 0.15) is 0 Å². The number of hydrogen-bond acceptors (Lipinski definition) is 6. The third-order valence-corrected chi connectivity index (χ3v) is 4.50. The van der Waals surface area contributed by atoms with Crippen LogP contribution in [0.3, 0.4) is 0 Å². The van der Waals surface area contributed by atoms with E-state index in [-0.39, 0.29) is 11.8 Å². The minimum absolute atomic E-state index is 0.0000543. The van der Waals surface area contributed by atoms with Gasteiger partial charge in [-0.1, -0.05) is 22.8 Å². The molecule has 7 nitrogen and oxygen atoms in total. The second-order valence-electron chi connectivity index (χ2n) is 5.92. The van der Waals surface area contributed by atoms with E-state index in [2.05, 4.69) is 20.0 Å². The van der Waals surface area contributed by atoms with E-state index in [0.29, 0.717) is 29.5 Å². The summed E-state index contributed by atoms with van der Waals surface area (Å²) in [6.45, 7) is 2.59. The first-order valence-electron chi connectivity index (χ1n) is 8.24. The standard InChI is InChI=1S/C18H16ClN5O2/c19-14-4-1-5-15(11-14)23-7-9-24(10-8-23)18(25)17-21-16(22-26-17)13-3-2-6-20-12-13/h1-6,11-12H,7-10H2. The molecule has 0 unspecified atom stereocenters. The average Bonchev–Trinajstić information content (AvgIpc) is 3.18. The van der Waals surface area contributed by atoms with Crippen LogP contribution in [0.15, 0.2) is 53.3 Å². The smallest absolute Gasteiger partial charge is 0.316 e. The lowest BCUT2D eigenvalue weighted by molar-refractivity contribution is 0.0696. The summed E-state index contributed by atoms with van der Waals surface area (Å²) in [5, 5.41) is 4.58. The first-order valence-corrected chi connectivity index (χ1v) is 8.62. The molecule has 3 aromatic rings. The number of piperazine rings is 1. The Kier molecular flexibility index (Phi) is 4.53. The molecule has 0 atom stereocenters. The van der Waals surface area contributed by atoms with Crippen molar-refractivity contribution in [3.8, 4) is 11.4 Å². The SMILES string of the molecule is O=C(c1nc(-c2cccnc2)no1)N1CCN(c2cccc(Cl)c2)CC1. The zero-order valence-corrected chi connectivity index (χ0v) is 14.6. The molecule has 3 heterocycles. The Balaban J connectivity index is 1.42. The Morgan fingerprint density at radius 3 is 2.69 bits per heavy atom. The van der Waals surface area contributed by atoms with Gasteiger partial charge in [0.25, 0.3) is 0 Å². The summed E-state index contributed by atoms with van der Waals surface area (Å²) in [6.07, 6.45) is 3.29. The third kappa shape index (κ3) is 3.39. The van der Waals surface area contributed by atoms with E-state index in [9.17, 15) is 4.79 Å². The zero-order valence-electron chi connectivity index (χ0n) is 13.9. The molecule has 4 rings (SSSR count). The van der Waals surface area contributed by atoms with Crippen molar-refractivity contribution in [2.45, 2.75) is 0 Å². The van der Waals surface area contributed by atoms with Crippen LogP contribution in [0.4, 0.5) is 5.69 Å². The molecule has 1 amide bonds. The van der Waals surface area contributed by atoms with Crippen LogP contribution in [0, 0.1) is 0 Å². The monoisotopic (exact) mass is 369 g/mol. The number of halogens is 1. The van der Waals surface area contributed by atoms with Crippen LogP contribution in [0.25, 0.3) is 11.4 Å². The maximum atomic E-state index is 12.6. The predicted molar refractivity (Wildman–Crippen MR) is 97.1 cm³/mol. The first-order chi connectivity index (χ1) is 12.7. The molecule has 1 saturated heterocycles. The van der Waals surface area contributed by atoms with E-state index in [0.717, 1.165) is 18.8 Å². The van der Waals surface area contributed by atoms with Crippen LogP contribution in [-0.4, -0.2) is 52.1 Å². The van der Waals surface area contributed by atoms with Crippen molar-refractivity contribution in [3.63, 3.8) is 0 Å². The average molecular weight is 370 g/mol. The minimum Gasteiger partial charge on any atom is -0.368 e. The second kappa shape index (κ2) is 7.13. The van der Waals surface area contributed by atoms with Crippen LogP contribution in [0.1, 0.15) is 10.7 Å². The fourth-order valence-electron chi connectivity index (χ4n) is 2.90. The molecule has 0 N–H and O–H groups in total. The van der Waals surface area contributed by atoms with E-state index < -0.39 is 0 Å². The van der Waals surface area contributed by atoms with Crippen molar-refractivity contribution in [2.75, 3.05) is 31.1 Å². The van der Waals surface area contributed by atoms with Gasteiger partial charge in [0.05, 0.1) is 0 Å². The van der Waals surface area contributed by atoms with Gasteiger partial charge in [-0.15, -0.1) is 0 Å². The Hall–Kier alpha value is -2.93. The van der Waals surface area contributed by atoms with Gasteiger partial charge in [-0.3, -0.25) is 9.78 Å². The molecule has 1 aliphatic heterocycles. The van der Waals surface area contributed by atoms with Gasteiger partial charge in [0, 0.05) is 54.8 Å². The number of hydrogen-bond donors (Lipinski definition) is 0. The highest BCUT2D eigenvalue weighted by Crippen LogP contribution is 2.21. The van der Waals surface area contributed by atoms with Crippen LogP contribution >= 0.6 is 11.6 Å². The lowest BCUT2D eigenvalue weighted by atomic mass is 10.2. The summed E-state index contributed by atoms with van der Waals surface area (Å²) in [4.78, 5) is 24.8. The van der Waals surface area contributed by atoms with E-state index in [4.69, 9.17) is 16.1 Å². The Labute approximate surface area is 155 Å². The van der Waals surface area contributed by atoms with E-state index >= 15 is 0 Å². The number of aromatic nitrogens is 3. The van der Waals surface area contributed by atoms with Gasteiger partial charge in [-0.05, 0) is 30.3 Å². The Morgan fingerprint density at radius 1 is 1.12 bits per heavy atom. The summed E-state index contributed by atoms with van der Waals surface area (Å²) >= 11 is 6.05. The Bertz CT molecular complexity index is 907. The number of carbonyl (C=O) groups is 1. The van der Waals surface area contributed by atoms with Gasteiger partial charge in [0.15, 0.2) is 0 Å². The van der Waals surface area contributed by atoms with E-state index in [1.54, 1.807) is 23.4 Å². The largest absolute Gasteiger partial charge is 0.368 e. The molecule has 0 radical (unpaired) electrons. The van der Waals surface area contributed by atoms with Crippen molar-refractivity contribution in [2.24, 2.45) is 0 Å². The van der Waals surface area contributed by atoms with Crippen molar-refractivity contribution >= 4 is 23.2 Å².